The minimum Gasteiger partial charge on any atom is -0.350 e. The lowest BCUT2D eigenvalue weighted by Crippen LogP contribution is -2.39. The van der Waals surface area contributed by atoms with Crippen molar-refractivity contribution in [3.05, 3.63) is 12.7 Å². The Labute approximate surface area is 107 Å². The number of fused-ring (bicyclic) bond motifs is 1. The molecule has 0 aliphatic rings. The highest BCUT2D eigenvalue weighted by atomic mass is 15.2. The van der Waals surface area contributed by atoms with Gasteiger partial charge < -0.3 is 15.6 Å². The smallest absolute Gasteiger partial charge is 0.182 e. The van der Waals surface area contributed by atoms with Crippen LogP contribution in [0.1, 0.15) is 26.7 Å². The van der Waals surface area contributed by atoms with Crippen molar-refractivity contribution < 1.29 is 0 Å². The van der Waals surface area contributed by atoms with Gasteiger partial charge in [0.1, 0.15) is 11.8 Å². The second-order valence-electron chi connectivity index (χ2n) is 4.25. The van der Waals surface area contributed by atoms with Crippen LogP contribution in [0, 0.1) is 0 Å². The maximum Gasteiger partial charge on any atom is 0.182 e. The average Bonchev–Trinajstić information content (AvgIpc) is 2.87. The molecule has 6 heteroatoms. The summed E-state index contributed by atoms with van der Waals surface area (Å²) in [4.78, 5) is 18.1. The van der Waals surface area contributed by atoms with E-state index in [2.05, 4.69) is 38.7 Å². The van der Waals surface area contributed by atoms with E-state index in [1.165, 1.54) is 0 Å². The van der Waals surface area contributed by atoms with Gasteiger partial charge in [-0.1, -0.05) is 13.8 Å². The van der Waals surface area contributed by atoms with Gasteiger partial charge in [0, 0.05) is 19.1 Å². The van der Waals surface area contributed by atoms with Gasteiger partial charge in [-0.25, -0.2) is 15.0 Å². The summed E-state index contributed by atoms with van der Waals surface area (Å²) in [5.74, 6) is 0.900. The molecule has 0 unspecified atom stereocenters. The Morgan fingerprint density at radius 2 is 2.06 bits per heavy atom. The van der Waals surface area contributed by atoms with Crippen LogP contribution in [0.5, 0.6) is 0 Å². The quantitative estimate of drug-likeness (QED) is 0.805. The first kappa shape index (κ1) is 12.8. The fourth-order valence-corrected chi connectivity index (χ4v) is 2.30. The molecule has 0 saturated carbocycles. The maximum absolute atomic E-state index is 5.72. The Bertz CT molecular complexity index is 490. The number of aromatic nitrogens is 4. The van der Waals surface area contributed by atoms with E-state index in [0.29, 0.717) is 18.2 Å². The molecule has 0 aromatic carbocycles. The molecule has 0 spiro atoms. The van der Waals surface area contributed by atoms with E-state index in [1.54, 1.807) is 12.7 Å². The van der Waals surface area contributed by atoms with Crippen LogP contribution in [0.3, 0.4) is 0 Å². The van der Waals surface area contributed by atoms with Crippen molar-refractivity contribution in [2.45, 2.75) is 32.7 Å². The fraction of sp³-hybridized carbons (Fsp3) is 0.583. The van der Waals surface area contributed by atoms with E-state index in [1.807, 2.05) is 0 Å². The maximum atomic E-state index is 5.72. The van der Waals surface area contributed by atoms with Crippen molar-refractivity contribution in [2.75, 3.05) is 18.0 Å². The van der Waals surface area contributed by atoms with Crippen LogP contribution in [0.4, 0.5) is 5.82 Å². The zero-order valence-electron chi connectivity index (χ0n) is 10.9. The normalized spacial score (nSPS) is 11.3. The number of nitrogens with two attached hydrogens (primary N) is 1. The summed E-state index contributed by atoms with van der Waals surface area (Å²) in [5, 5.41) is 0. The van der Waals surface area contributed by atoms with Crippen LogP contribution in [0.15, 0.2) is 12.7 Å². The number of H-pyrrole nitrogens is 1. The number of hydrogen-bond donors (Lipinski definition) is 2. The molecule has 0 amide bonds. The molecule has 0 bridgehead atoms. The van der Waals surface area contributed by atoms with Gasteiger partial charge in [0.15, 0.2) is 11.5 Å². The van der Waals surface area contributed by atoms with Gasteiger partial charge in [-0.2, -0.15) is 0 Å². The highest BCUT2D eigenvalue weighted by Crippen LogP contribution is 2.23. The molecule has 18 heavy (non-hydrogen) atoms. The Kier molecular flexibility index (Phi) is 4.09. The van der Waals surface area contributed by atoms with E-state index < -0.39 is 0 Å². The second-order valence-corrected chi connectivity index (χ2v) is 4.25. The molecule has 0 radical (unpaired) electrons. The third kappa shape index (κ3) is 2.28. The van der Waals surface area contributed by atoms with Crippen LogP contribution in [0.2, 0.25) is 0 Å². The highest BCUT2D eigenvalue weighted by molar-refractivity contribution is 5.82. The topological polar surface area (TPSA) is 83.7 Å². The van der Waals surface area contributed by atoms with Gasteiger partial charge in [-0.05, 0) is 12.8 Å². The molecule has 0 atom stereocenters. The van der Waals surface area contributed by atoms with E-state index in [-0.39, 0.29) is 0 Å². The molecule has 2 rings (SSSR count). The molecule has 0 fully saturated rings. The number of imidazole rings is 1. The minimum atomic E-state index is 0.440. The van der Waals surface area contributed by atoms with Crippen molar-refractivity contribution in [1.82, 2.24) is 19.9 Å². The fourth-order valence-electron chi connectivity index (χ4n) is 2.30. The van der Waals surface area contributed by atoms with Crippen molar-refractivity contribution in [3.63, 3.8) is 0 Å². The Morgan fingerprint density at radius 1 is 1.28 bits per heavy atom. The second kappa shape index (κ2) is 5.77. The monoisotopic (exact) mass is 248 g/mol. The summed E-state index contributed by atoms with van der Waals surface area (Å²) in [7, 11) is 0. The zero-order chi connectivity index (χ0) is 13.0. The summed E-state index contributed by atoms with van der Waals surface area (Å²) in [6, 6.07) is 0.440. The summed E-state index contributed by atoms with van der Waals surface area (Å²) >= 11 is 0. The van der Waals surface area contributed by atoms with E-state index in [4.69, 9.17) is 5.73 Å². The lowest BCUT2D eigenvalue weighted by atomic mass is 10.1. The third-order valence-corrected chi connectivity index (χ3v) is 3.23. The van der Waals surface area contributed by atoms with Crippen molar-refractivity contribution >= 4 is 17.0 Å². The van der Waals surface area contributed by atoms with Crippen LogP contribution < -0.4 is 10.6 Å². The molecule has 3 N–H and O–H groups in total. The van der Waals surface area contributed by atoms with Crippen molar-refractivity contribution in [2.24, 2.45) is 5.73 Å². The molecule has 0 saturated heterocycles. The number of rotatable bonds is 6. The Morgan fingerprint density at radius 3 is 2.72 bits per heavy atom. The number of anilines is 1. The van der Waals surface area contributed by atoms with E-state index in [9.17, 15) is 0 Å². The molecule has 0 aliphatic carbocycles. The van der Waals surface area contributed by atoms with E-state index in [0.717, 1.165) is 30.7 Å². The average molecular weight is 248 g/mol. The number of aromatic amines is 1. The van der Waals surface area contributed by atoms with Gasteiger partial charge >= 0.3 is 0 Å². The lowest BCUT2D eigenvalue weighted by molar-refractivity contribution is 0.555. The number of nitrogens with zero attached hydrogens (tertiary/aromatic N) is 4. The molecular weight excluding hydrogens is 228 g/mol. The summed E-state index contributed by atoms with van der Waals surface area (Å²) in [6.07, 6.45) is 5.34. The molecule has 98 valence electrons. The van der Waals surface area contributed by atoms with Crippen LogP contribution in [0.25, 0.3) is 11.2 Å². The van der Waals surface area contributed by atoms with Crippen LogP contribution in [-0.4, -0.2) is 39.1 Å². The summed E-state index contributed by atoms with van der Waals surface area (Å²) in [5.41, 5.74) is 7.31. The van der Waals surface area contributed by atoms with Gasteiger partial charge in [0.25, 0.3) is 0 Å². The number of hydrogen-bond acceptors (Lipinski definition) is 5. The first-order chi connectivity index (χ1) is 8.81. The molecule has 2 aromatic rings. The first-order valence-electron chi connectivity index (χ1n) is 6.42. The van der Waals surface area contributed by atoms with Crippen molar-refractivity contribution in [3.8, 4) is 0 Å². The first-order valence-corrected chi connectivity index (χ1v) is 6.42. The Balaban J connectivity index is 2.43. The van der Waals surface area contributed by atoms with Gasteiger partial charge in [0.2, 0.25) is 0 Å². The predicted molar refractivity (Wildman–Crippen MR) is 72.5 cm³/mol. The SMILES string of the molecule is CCC(CC)N(CCN)c1ncnc2nc[nH]c12. The van der Waals surface area contributed by atoms with Gasteiger partial charge in [-0.15, -0.1) is 0 Å². The predicted octanol–water partition coefficient (Wildman–Crippen LogP) is 1.31. The van der Waals surface area contributed by atoms with E-state index >= 15 is 0 Å². The lowest BCUT2D eigenvalue weighted by Gasteiger charge is -2.31. The zero-order valence-corrected chi connectivity index (χ0v) is 10.9. The highest BCUT2D eigenvalue weighted by Gasteiger charge is 2.19. The largest absolute Gasteiger partial charge is 0.350 e. The Hall–Kier alpha value is -1.69. The van der Waals surface area contributed by atoms with Crippen LogP contribution >= 0.6 is 0 Å². The molecule has 2 heterocycles. The standard InChI is InChI=1S/C12H20N6/c1-3-9(4-2)18(6-5-13)12-10-11(15-7-14-10)16-8-17-12/h7-9H,3-6,13H2,1-2H3,(H,14,15,16,17). The summed E-state index contributed by atoms with van der Waals surface area (Å²) < 4.78 is 0. The molecule has 2 aromatic heterocycles. The number of nitrogens with one attached hydrogen (secondary N) is 1. The molecule has 6 nitrogen and oxygen atoms in total. The van der Waals surface area contributed by atoms with Gasteiger partial charge in [-0.3, -0.25) is 0 Å². The molecular formula is C12H20N6. The summed E-state index contributed by atoms with van der Waals surface area (Å²) in [6.45, 7) is 5.76. The third-order valence-electron chi connectivity index (χ3n) is 3.23. The van der Waals surface area contributed by atoms with Crippen molar-refractivity contribution in [1.29, 1.82) is 0 Å². The van der Waals surface area contributed by atoms with Gasteiger partial charge in [0.05, 0.1) is 6.33 Å². The minimum absolute atomic E-state index is 0.440. The molecule has 0 aliphatic heterocycles. The van der Waals surface area contributed by atoms with Crippen LogP contribution in [-0.2, 0) is 0 Å².